The number of nitrogens with zero attached hydrogens (tertiary/aromatic N) is 5. The zero-order valence-corrected chi connectivity index (χ0v) is 24.0. The molecule has 1 aliphatic carbocycles. The monoisotopic (exact) mass is 572 g/mol. The van der Waals surface area contributed by atoms with Crippen molar-refractivity contribution in [2.24, 2.45) is 5.92 Å². The number of amides is 1. The van der Waals surface area contributed by atoms with Crippen molar-refractivity contribution < 1.29 is 9.53 Å². The van der Waals surface area contributed by atoms with Crippen LogP contribution in [0.1, 0.15) is 59.4 Å². The smallest absolute Gasteiger partial charge is 0.333 e. The highest BCUT2D eigenvalue weighted by molar-refractivity contribution is 6.30. The number of imidazole rings is 1. The number of hydrogen-bond donors (Lipinski definition) is 1. The van der Waals surface area contributed by atoms with Gasteiger partial charge in [-0.3, -0.25) is 23.9 Å². The number of para-hydroxylation sites is 2. The maximum Gasteiger partial charge on any atom is 0.333 e. The summed E-state index contributed by atoms with van der Waals surface area (Å²) in [6.07, 6.45) is 8.07. The topological polar surface area (TPSA) is 115 Å². The zero-order chi connectivity index (χ0) is 28.9. The third-order valence-electron chi connectivity index (χ3n) is 7.84. The molecule has 1 fully saturated rings. The first-order chi connectivity index (χ1) is 19.9. The average molecular weight is 573 g/mol. The minimum absolute atomic E-state index is 0.0573. The molecule has 3 aromatic heterocycles. The Bertz CT molecular complexity index is 1660. The Hall–Kier alpha value is -4.00. The number of hydrogen-bond acceptors (Lipinski definition) is 6. The van der Waals surface area contributed by atoms with Crippen molar-refractivity contribution in [2.75, 3.05) is 13.7 Å². The molecule has 9 nitrogen and oxygen atoms in total. The lowest BCUT2D eigenvalue weighted by atomic mass is 9.85. The Morgan fingerprint density at radius 2 is 1.90 bits per heavy atom. The van der Waals surface area contributed by atoms with Gasteiger partial charge in [0.2, 0.25) is 0 Å². The molecule has 1 aromatic carbocycles. The summed E-state index contributed by atoms with van der Waals surface area (Å²) in [5, 5.41) is 13.5. The summed E-state index contributed by atoms with van der Waals surface area (Å²) in [5.41, 5.74) is 4.22. The van der Waals surface area contributed by atoms with E-state index < -0.39 is 0 Å². The first kappa shape index (κ1) is 28.5. The summed E-state index contributed by atoms with van der Waals surface area (Å²) < 4.78 is 8.54. The van der Waals surface area contributed by atoms with Crippen LogP contribution < -0.4 is 11.0 Å². The van der Waals surface area contributed by atoms with Crippen LogP contribution in [-0.2, 0) is 17.7 Å². The number of fused-ring (bicyclic) bond motifs is 1. The molecule has 1 aliphatic rings. The lowest BCUT2D eigenvalue weighted by Gasteiger charge is -2.29. The number of methoxy groups -OCH3 is 1. The molecule has 1 saturated carbocycles. The Labute approximate surface area is 243 Å². The van der Waals surface area contributed by atoms with E-state index in [4.69, 9.17) is 16.3 Å². The minimum atomic E-state index is -0.184. The highest BCUT2D eigenvalue weighted by Gasteiger charge is 2.26. The van der Waals surface area contributed by atoms with E-state index in [9.17, 15) is 14.9 Å². The van der Waals surface area contributed by atoms with Crippen LogP contribution >= 0.6 is 11.6 Å². The van der Waals surface area contributed by atoms with E-state index >= 15 is 0 Å². The predicted octanol–water partition coefficient (Wildman–Crippen LogP) is 4.98. The van der Waals surface area contributed by atoms with Gasteiger partial charge in [0.25, 0.3) is 5.91 Å². The highest BCUT2D eigenvalue weighted by atomic mass is 35.5. The number of nitrogens with one attached hydrogen (secondary N) is 1. The molecule has 0 atom stereocenters. The molecule has 1 amide bonds. The van der Waals surface area contributed by atoms with E-state index in [0.717, 1.165) is 48.8 Å². The van der Waals surface area contributed by atoms with E-state index in [1.807, 2.05) is 28.8 Å². The lowest BCUT2D eigenvalue weighted by Crippen LogP contribution is -2.39. The van der Waals surface area contributed by atoms with Crippen molar-refractivity contribution in [1.29, 1.82) is 5.26 Å². The first-order valence-electron chi connectivity index (χ1n) is 13.9. The number of nitriles is 1. The maximum absolute atomic E-state index is 13.9. The van der Waals surface area contributed by atoms with Gasteiger partial charge in [0.05, 0.1) is 44.8 Å². The normalized spacial score (nSPS) is 16.9. The molecule has 0 radical (unpaired) electrons. The third kappa shape index (κ3) is 6.19. The van der Waals surface area contributed by atoms with Gasteiger partial charge in [-0.15, -0.1) is 0 Å². The summed E-state index contributed by atoms with van der Waals surface area (Å²) in [5.74, 6) is 0.123. The molecule has 41 heavy (non-hydrogen) atoms. The Kier molecular flexibility index (Phi) is 8.81. The average Bonchev–Trinajstić information content (AvgIpc) is 3.26. The van der Waals surface area contributed by atoms with E-state index in [0.29, 0.717) is 47.1 Å². The van der Waals surface area contributed by atoms with E-state index in [-0.39, 0.29) is 23.6 Å². The van der Waals surface area contributed by atoms with Crippen LogP contribution in [-0.4, -0.2) is 44.8 Å². The number of benzene rings is 1. The van der Waals surface area contributed by atoms with Crippen LogP contribution in [0.2, 0.25) is 5.02 Å². The van der Waals surface area contributed by atoms with Crippen LogP contribution in [0.25, 0.3) is 16.7 Å². The number of halogens is 1. The van der Waals surface area contributed by atoms with Crippen molar-refractivity contribution >= 4 is 28.5 Å². The van der Waals surface area contributed by atoms with Gasteiger partial charge in [-0.25, -0.2) is 4.79 Å². The number of aryl methyl sites for hydroxylation is 2. The molecule has 212 valence electrons. The molecule has 5 rings (SSSR count). The van der Waals surface area contributed by atoms with Crippen LogP contribution in [0.4, 0.5) is 0 Å². The number of aromatic nitrogens is 4. The number of rotatable bonds is 9. The first-order valence-corrected chi connectivity index (χ1v) is 14.3. The second-order valence-corrected chi connectivity index (χ2v) is 11.0. The van der Waals surface area contributed by atoms with Crippen molar-refractivity contribution in [3.8, 4) is 11.8 Å². The molecule has 0 spiro atoms. The fourth-order valence-corrected chi connectivity index (χ4v) is 5.82. The highest BCUT2D eigenvalue weighted by Crippen LogP contribution is 2.28. The summed E-state index contributed by atoms with van der Waals surface area (Å²) >= 11 is 6.05. The van der Waals surface area contributed by atoms with Crippen molar-refractivity contribution in [3.63, 3.8) is 0 Å². The number of carbonyl (C=O) groups is 1. The van der Waals surface area contributed by atoms with Gasteiger partial charge in [-0.05, 0) is 75.6 Å². The summed E-state index contributed by atoms with van der Waals surface area (Å²) in [4.78, 5) is 35.4. The molecule has 3 heterocycles. The third-order valence-corrected chi connectivity index (χ3v) is 8.05. The Morgan fingerprint density at radius 1 is 1.15 bits per heavy atom. The van der Waals surface area contributed by atoms with E-state index in [1.165, 1.54) is 6.20 Å². The standard InChI is InChI=1S/C31H33ClN6O3/c1-20-26(15-23(32)17-34-20)30(39)36-24-11-9-21(10-12-24)19-37-27-7-3-4-8-28(27)38(31(37)40)29-18-35-25(6-5-13-41-2)14-22(29)16-33/h3-4,7-8,14-15,17-18,21,24H,5-6,9-13,19H2,1-2H3,(H,36,39). The molecule has 0 unspecified atom stereocenters. The zero-order valence-electron chi connectivity index (χ0n) is 23.3. The quantitative estimate of drug-likeness (QED) is 0.283. The maximum atomic E-state index is 13.9. The van der Waals surface area contributed by atoms with Gasteiger partial charge in [0, 0.05) is 38.2 Å². The van der Waals surface area contributed by atoms with Gasteiger partial charge in [0.15, 0.2) is 0 Å². The Balaban J connectivity index is 1.33. The van der Waals surface area contributed by atoms with Gasteiger partial charge in [0.1, 0.15) is 6.07 Å². The molecule has 10 heteroatoms. The van der Waals surface area contributed by atoms with Crippen LogP contribution in [0.5, 0.6) is 0 Å². The fraction of sp³-hybridized carbons (Fsp3) is 0.387. The molecule has 0 aliphatic heterocycles. The van der Waals surface area contributed by atoms with E-state index in [2.05, 4.69) is 21.4 Å². The van der Waals surface area contributed by atoms with Crippen molar-refractivity contribution in [2.45, 2.75) is 58.0 Å². The molecule has 4 aromatic rings. The molecule has 1 N–H and O–H groups in total. The molecular weight excluding hydrogens is 540 g/mol. The van der Waals surface area contributed by atoms with Crippen LogP contribution in [0.15, 0.2) is 53.6 Å². The van der Waals surface area contributed by atoms with Gasteiger partial charge in [-0.2, -0.15) is 5.26 Å². The number of ether oxygens (including phenoxy) is 1. The van der Waals surface area contributed by atoms with Gasteiger partial charge >= 0.3 is 5.69 Å². The SMILES string of the molecule is COCCCc1cc(C#N)c(-n2c(=O)n(CC3CCC(NC(=O)c4cc(Cl)cnc4C)CC3)c3ccccc32)cn1. The fourth-order valence-electron chi connectivity index (χ4n) is 5.66. The molecular formula is C31H33ClN6O3. The van der Waals surface area contributed by atoms with Gasteiger partial charge in [-0.1, -0.05) is 23.7 Å². The molecule has 0 bridgehead atoms. The van der Waals surface area contributed by atoms with Crippen molar-refractivity contribution in [1.82, 2.24) is 24.4 Å². The van der Waals surface area contributed by atoms with Crippen LogP contribution in [0, 0.1) is 24.2 Å². The van der Waals surface area contributed by atoms with Crippen LogP contribution in [0.3, 0.4) is 0 Å². The molecule has 0 saturated heterocycles. The number of carbonyl (C=O) groups excluding carboxylic acids is 1. The second-order valence-electron chi connectivity index (χ2n) is 10.6. The largest absolute Gasteiger partial charge is 0.385 e. The summed E-state index contributed by atoms with van der Waals surface area (Å²) in [7, 11) is 1.66. The number of pyridine rings is 2. The minimum Gasteiger partial charge on any atom is -0.385 e. The predicted molar refractivity (Wildman–Crippen MR) is 157 cm³/mol. The van der Waals surface area contributed by atoms with Gasteiger partial charge < -0.3 is 10.1 Å². The van der Waals surface area contributed by atoms with Crippen molar-refractivity contribution in [3.05, 3.63) is 86.8 Å². The summed E-state index contributed by atoms with van der Waals surface area (Å²) in [6.45, 7) is 2.98. The Morgan fingerprint density at radius 3 is 2.63 bits per heavy atom. The lowest BCUT2D eigenvalue weighted by molar-refractivity contribution is 0.0919. The summed E-state index contributed by atoms with van der Waals surface area (Å²) in [6, 6.07) is 13.4. The second kappa shape index (κ2) is 12.7. The van der Waals surface area contributed by atoms with E-state index in [1.54, 1.807) is 36.9 Å².